The maximum Gasteiger partial charge on any atom is 0.191 e. The first-order chi connectivity index (χ1) is 6.15. The van der Waals surface area contributed by atoms with E-state index < -0.39 is 0 Å². The quantitative estimate of drug-likeness (QED) is 0.738. The molecule has 1 heterocycles. The molecule has 0 aliphatic rings. The molecule has 0 saturated carbocycles. The number of hydrogen-bond donors (Lipinski definition) is 1. The van der Waals surface area contributed by atoms with Crippen LogP contribution in [-0.4, -0.2) is 31.7 Å². The van der Waals surface area contributed by atoms with Crippen LogP contribution in [0.4, 0.5) is 0 Å². The van der Waals surface area contributed by atoms with Gasteiger partial charge in [-0.05, 0) is 13.3 Å². The zero-order chi connectivity index (χ0) is 9.84. The van der Waals surface area contributed by atoms with Crippen LogP contribution in [0.15, 0.2) is 5.16 Å². The predicted octanol–water partition coefficient (Wildman–Crippen LogP) is 0.987. The van der Waals surface area contributed by atoms with Crippen molar-refractivity contribution in [3.8, 4) is 0 Å². The van der Waals surface area contributed by atoms with Crippen molar-refractivity contribution in [2.75, 3.05) is 5.75 Å². The van der Waals surface area contributed by atoms with Gasteiger partial charge in [0.2, 0.25) is 0 Å². The SMILES string of the molecule is CCC(O)CSc1nnc(C)n1C. The second-order valence-corrected chi connectivity index (χ2v) is 3.95. The van der Waals surface area contributed by atoms with Crippen LogP contribution in [0.5, 0.6) is 0 Å². The molecule has 4 nitrogen and oxygen atoms in total. The number of aryl methyl sites for hydroxylation is 1. The molecule has 0 fully saturated rings. The summed E-state index contributed by atoms with van der Waals surface area (Å²) in [6, 6.07) is 0. The largest absolute Gasteiger partial charge is 0.392 e. The minimum Gasteiger partial charge on any atom is -0.392 e. The summed E-state index contributed by atoms with van der Waals surface area (Å²) in [6.45, 7) is 3.88. The predicted molar refractivity (Wildman–Crippen MR) is 52.8 cm³/mol. The summed E-state index contributed by atoms with van der Waals surface area (Å²) >= 11 is 1.54. The van der Waals surface area contributed by atoms with Crippen LogP contribution in [0.1, 0.15) is 19.2 Å². The second kappa shape index (κ2) is 4.62. The number of thioether (sulfide) groups is 1. The summed E-state index contributed by atoms with van der Waals surface area (Å²) in [5, 5.41) is 18.1. The van der Waals surface area contributed by atoms with Crippen LogP contribution in [-0.2, 0) is 7.05 Å². The van der Waals surface area contributed by atoms with Crippen molar-refractivity contribution in [1.82, 2.24) is 14.8 Å². The summed E-state index contributed by atoms with van der Waals surface area (Å²) in [5.74, 6) is 1.58. The van der Waals surface area contributed by atoms with Crippen LogP contribution in [0.2, 0.25) is 0 Å². The highest BCUT2D eigenvalue weighted by atomic mass is 32.2. The van der Waals surface area contributed by atoms with Crippen molar-refractivity contribution in [2.45, 2.75) is 31.5 Å². The van der Waals surface area contributed by atoms with Gasteiger partial charge in [0.15, 0.2) is 5.16 Å². The van der Waals surface area contributed by atoms with E-state index >= 15 is 0 Å². The van der Waals surface area contributed by atoms with E-state index in [1.807, 2.05) is 25.5 Å². The molecule has 0 radical (unpaired) electrons. The molecule has 1 unspecified atom stereocenters. The summed E-state index contributed by atoms with van der Waals surface area (Å²) in [4.78, 5) is 0. The molecule has 13 heavy (non-hydrogen) atoms. The Morgan fingerprint density at radius 1 is 1.54 bits per heavy atom. The van der Waals surface area contributed by atoms with Gasteiger partial charge in [0.05, 0.1) is 6.10 Å². The average molecular weight is 201 g/mol. The summed E-state index contributed by atoms with van der Waals surface area (Å²) in [6.07, 6.45) is 0.533. The van der Waals surface area contributed by atoms with E-state index in [1.165, 1.54) is 11.8 Å². The second-order valence-electron chi connectivity index (χ2n) is 2.96. The van der Waals surface area contributed by atoms with Gasteiger partial charge in [0.1, 0.15) is 5.82 Å². The lowest BCUT2D eigenvalue weighted by Crippen LogP contribution is -2.08. The van der Waals surface area contributed by atoms with Crippen LogP contribution >= 0.6 is 11.8 Å². The third-order valence-electron chi connectivity index (χ3n) is 1.93. The lowest BCUT2D eigenvalue weighted by molar-refractivity contribution is 0.195. The first-order valence-corrected chi connectivity index (χ1v) is 5.30. The highest BCUT2D eigenvalue weighted by molar-refractivity contribution is 7.99. The topological polar surface area (TPSA) is 50.9 Å². The number of rotatable bonds is 4. The van der Waals surface area contributed by atoms with Gasteiger partial charge in [0, 0.05) is 12.8 Å². The molecule has 0 saturated heterocycles. The van der Waals surface area contributed by atoms with E-state index in [1.54, 1.807) is 0 Å². The Bertz CT molecular complexity index is 274. The molecule has 0 bridgehead atoms. The molecule has 0 aliphatic heterocycles. The van der Waals surface area contributed by atoms with Gasteiger partial charge in [-0.2, -0.15) is 0 Å². The Kier molecular flexibility index (Phi) is 3.74. The van der Waals surface area contributed by atoms with Crippen LogP contribution in [0.25, 0.3) is 0 Å². The molecule has 1 aromatic rings. The first kappa shape index (κ1) is 10.5. The van der Waals surface area contributed by atoms with E-state index in [-0.39, 0.29) is 6.10 Å². The number of aliphatic hydroxyl groups excluding tert-OH is 1. The molecular weight excluding hydrogens is 186 g/mol. The van der Waals surface area contributed by atoms with Gasteiger partial charge in [-0.3, -0.25) is 0 Å². The molecule has 1 rings (SSSR count). The standard InChI is InChI=1S/C8H15N3OS/c1-4-7(12)5-13-8-10-9-6(2)11(8)3/h7,12H,4-5H2,1-3H3. The average Bonchev–Trinajstić information content (AvgIpc) is 2.44. The van der Waals surface area contributed by atoms with Crippen molar-refractivity contribution in [1.29, 1.82) is 0 Å². The van der Waals surface area contributed by atoms with Gasteiger partial charge < -0.3 is 9.67 Å². The summed E-state index contributed by atoms with van der Waals surface area (Å²) in [5.41, 5.74) is 0. The third-order valence-corrected chi connectivity index (χ3v) is 3.09. The maximum atomic E-state index is 9.34. The zero-order valence-electron chi connectivity index (χ0n) is 8.19. The molecule has 0 spiro atoms. The van der Waals surface area contributed by atoms with Gasteiger partial charge in [-0.1, -0.05) is 18.7 Å². The third kappa shape index (κ3) is 2.70. The number of aromatic nitrogens is 3. The van der Waals surface area contributed by atoms with Crippen LogP contribution in [0.3, 0.4) is 0 Å². The Labute approximate surface area is 82.4 Å². The van der Waals surface area contributed by atoms with Gasteiger partial charge >= 0.3 is 0 Å². The molecular formula is C8H15N3OS. The molecule has 1 N–H and O–H groups in total. The number of nitrogens with zero attached hydrogens (tertiary/aromatic N) is 3. The fourth-order valence-electron chi connectivity index (χ4n) is 0.802. The monoisotopic (exact) mass is 201 g/mol. The van der Waals surface area contributed by atoms with Gasteiger partial charge in [-0.25, -0.2) is 0 Å². The first-order valence-electron chi connectivity index (χ1n) is 4.32. The Hall–Kier alpha value is -0.550. The fraction of sp³-hybridized carbons (Fsp3) is 0.750. The Balaban J connectivity index is 2.50. The van der Waals surface area contributed by atoms with Crippen LogP contribution in [0, 0.1) is 6.92 Å². The van der Waals surface area contributed by atoms with Gasteiger partial charge in [0.25, 0.3) is 0 Å². The summed E-state index contributed by atoms with van der Waals surface area (Å²) in [7, 11) is 1.93. The normalized spacial score (nSPS) is 13.2. The minimum atomic E-state index is -0.248. The molecule has 5 heteroatoms. The molecule has 1 aromatic heterocycles. The number of hydrogen-bond acceptors (Lipinski definition) is 4. The van der Waals surface area contributed by atoms with Crippen molar-refractivity contribution >= 4 is 11.8 Å². The van der Waals surface area contributed by atoms with Crippen molar-refractivity contribution in [3.05, 3.63) is 5.82 Å². The zero-order valence-corrected chi connectivity index (χ0v) is 9.01. The van der Waals surface area contributed by atoms with E-state index in [2.05, 4.69) is 10.2 Å². The van der Waals surface area contributed by atoms with E-state index in [0.29, 0.717) is 5.75 Å². The Morgan fingerprint density at radius 3 is 2.69 bits per heavy atom. The smallest absolute Gasteiger partial charge is 0.191 e. The maximum absolute atomic E-state index is 9.34. The van der Waals surface area contributed by atoms with E-state index in [0.717, 1.165) is 17.4 Å². The highest BCUT2D eigenvalue weighted by Crippen LogP contribution is 2.16. The molecule has 0 aromatic carbocycles. The molecule has 1 atom stereocenters. The van der Waals surface area contributed by atoms with Crippen molar-refractivity contribution in [2.24, 2.45) is 7.05 Å². The van der Waals surface area contributed by atoms with E-state index in [9.17, 15) is 5.11 Å². The molecule has 0 aliphatic carbocycles. The van der Waals surface area contributed by atoms with Crippen molar-refractivity contribution < 1.29 is 5.11 Å². The van der Waals surface area contributed by atoms with E-state index in [4.69, 9.17) is 0 Å². The van der Waals surface area contributed by atoms with Gasteiger partial charge in [-0.15, -0.1) is 10.2 Å². The van der Waals surface area contributed by atoms with Crippen LogP contribution < -0.4 is 0 Å². The molecule has 0 amide bonds. The summed E-state index contributed by atoms with van der Waals surface area (Å²) < 4.78 is 1.92. The minimum absolute atomic E-state index is 0.248. The molecule has 74 valence electrons. The Morgan fingerprint density at radius 2 is 2.23 bits per heavy atom. The highest BCUT2D eigenvalue weighted by Gasteiger charge is 2.07. The number of aliphatic hydroxyl groups is 1. The van der Waals surface area contributed by atoms with Crippen molar-refractivity contribution in [3.63, 3.8) is 0 Å². The fourth-order valence-corrected chi connectivity index (χ4v) is 1.80. The lowest BCUT2D eigenvalue weighted by atomic mass is 10.3. The lowest BCUT2D eigenvalue weighted by Gasteiger charge is -2.05.